The zero-order valence-electron chi connectivity index (χ0n) is 10.2. The monoisotopic (exact) mass is 311 g/mol. The summed E-state index contributed by atoms with van der Waals surface area (Å²) >= 11 is 11.6. The van der Waals surface area contributed by atoms with E-state index in [0.29, 0.717) is 17.2 Å². The predicted molar refractivity (Wildman–Crippen MR) is 72.7 cm³/mol. The molecule has 4 nitrogen and oxygen atoms in total. The Bertz CT molecular complexity index is 505. The molecule has 0 N–H and O–H groups in total. The summed E-state index contributed by atoms with van der Waals surface area (Å²) in [6, 6.07) is 4.53. The van der Waals surface area contributed by atoms with Gasteiger partial charge in [0.25, 0.3) is 0 Å². The molecular weight excluding hydrogens is 297 g/mol. The number of methoxy groups -OCH3 is 1. The lowest BCUT2D eigenvalue weighted by atomic mass is 10.2. The van der Waals surface area contributed by atoms with Crippen LogP contribution in [0.4, 0.5) is 0 Å². The molecule has 0 spiro atoms. The van der Waals surface area contributed by atoms with E-state index in [1.807, 2.05) is 0 Å². The number of alkyl halides is 1. The lowest BCUT2D eigenvalue weighted by Gasteiger charge is -2.17. The highest BCUT2D eigenvalue weighted by Crippen LogP contribution is 2.23. The van der Waals surface area contributed by atoms with Crippen LogP contribution in [0, 0.1) is 0 Å². The first-order valence-corrected chi connectivity index (χ1v) is 7.58. The Morgan fingerprint density at radius 1 is 1.39 bits per heavy atom. The number of benzene rings is 1. The number of rotatable bonds is 6. The number of hydrogen-bond acceptors (Lipinski definition) is 3. The molecule has 1 aromatic rings. The van der Waals surface area contributed by atoms with Crippen LogP contribution in [0.2, 0.25) is 5.02 Å². The molecule has 18 heavy (non-hydrogen) atoms. The fourth-order valence-corrected chi connectivity index (χ4v) is 3.11. The van der Waals surface area contributed by atoms with Gasteiger partial charge >= 0.3 is 0 Å². The molecular formula is C11H15Cl2NO3S. The third kappa shape index (κ3) is 3.59. The predicted octanol–water partition coefficient (Wildman–Crippen LogP) is 2.35. The average molecular weight is 312 g/mol. The quantitative estimate of drug-likeness (QED) is 0.758. The van der Waals surface area contributed by atoms with Crippen molar-refractivity contribution in [3.05, 3.63) is 28.8 Å². The van der Waals surface area contributed by atoms with Crippen LogP contribution in [0.1, 0.15) is 5.56 Å². The first-order valence-electron chi connectivity index (χ1n) is 5.23. The van der Waals surface area contributed by atoms with E-state index in [1.165, 1.54) is 30.6 Å². The van der Waals surface area contributed by atoms with Gasteiger partial charge in [-0.05, 0) is 17.7 Å². The standard InChI is InChI=1S/C11H15Cl2NO3S/c1-14(5-6-17-2)18(15,16)10-4-3-9(8-12)11(13)7-10/h3-4,7H,5-6,8H2,1-2H3. The van der Waals surface area contributed by atoms with Gasteiger partial charge in [-0.1, -0.05) is 17.7 Å². The highest BCUT2D eigenvalue weighted by molar-refractivity contribution is 7.89. The van der Waals surface area contributed by atoms with Crippen LogP contribution in [0.5, 0.6) is 0 Å². The third-order valence-electron chi connectivity index (χ3n) is 2.49. The Kier molecular flexibility index (Phi) is 5.88. The molecule has 0 aliphatic carbocycles. The molecule has 0 aliphatic rings. The highest BCUT2D eigenvalue weighted by atomic mass is 35.5. The Hall–Kier alpha value is -0.330. The lowest BCUT2D eigenvalue weighted by Crippen LogP contribution is -2.30. The first kappa shape index (κ1) is 15.7. The molecule has 0 fully saturated rings. The Morgan fingerprint density at radius 2 is 2.06 bits per heavy atom. The molecule has 7 heteroatoms. The number of nitrogens with zero attached hydrogens (tertiary/aromatic N) is 1. The fourth-order valence-electron chi connectivity index (χ4n) is 1.32. The second kappa shape index (κ2) is 6.73. The number of ether oxygens (including phenoxy) is 1. The minimum absolute atomic E-state index is 0.153. The van der Waals surface area contributed by atoms with Crippen molar-refractivity contribution in [1.29, 1.82) is 0 Å². The topological polar surface area (TPSA) is 46.6 Å². The molecule has 0 heterocycles. The van der Waals surface area contributed by atoms with Crippen molar-refractivity contribution in [2.75, 3.05) is 27.3 Å². The number of hydrogen-bond donors (Lipinski definition) is 0. The molecule has 0 saturated heterocycles. The Morgan fingerprint density at radius 3 is 2.56 bits per heavy atom. The molecule has 0 bridgehead atoms. The van der Waals surface area contributed by atoms with E-state index >= 15 is 0 Å². The second-order valence-electron chi connectivity index (χ2n) is 3.71. The van der Waals surface area contributed by atoms with Gasteiger partial charge in [0.1, 0.15) is 0 Å². The molecule has 0 aliphatic heterocycles. The minimum atomic E-state index is -3.53. The third-order valence-corrected chi connectivity index (χ3v) is 4.98. The maximum absolute atomic E-state index is 12.2. The van der Waals surface area contributed by atoms with Crippen LogP contribution >= 0.6 is 23.2 Å². The SMILES string of the molecule is COCCN(C)S(=O)(=O)c1ccc(CCl)c(Cl)c1. The molecule has 102 valence electrons. The molecule has 0 unspecified atom stereocenters. The highest BCUT2D eigenvalue weighted by Gasteiger charge is 2.21. The summed E-state index contributed by atoms with van der Waals surface area (Å²) in [5, 5.41) is 0.353. The molecule has 1 rings (SSSR count). The van der Waals surface area contributed by atoms with Gasteiger partial charge < -0.3 is 4.74 Å². The molecule has 1 aromatic carbocycles. The summed E-state index contributed by atoms with van der Waals surface area (Å²) in [4.78, 5) is 0.153. The summed E-state index contributed by atoms with van der Waals surface area (Å²) in [6.45, 7) is 0.622. The van der Waals surface area contributed by atoms with Crippen LogP contribution in [-0.2, 0) is 20.6 Å². The van der Waals surface area contributed by atoms with Crippen LogP contribution in [0.15, 0.2) is 23.1 Å². The van der Waals surface area contributed by atoms with Crippen molar-refractivity contribution >= 4 is 33.2 Å². The number of likely N-dealkylation sites (N-methyl/N-ethyl adjacent to an activating group) is 1. The van der Waals surface area contributed by atoms with Crippen molar-refractivity contribution in [1.82, 2.24) is 4.31 Å². The summed E-state index contributed by atoms with van der Waals surface area (Å²) < 4.78 is 30.4. The van der Waals surface area contributed by atoms with Crippen LogP contribution in [0.25, 0.3) is 0 Å². The van der Waals surface area contributed by atoms with Crippen LogP contribution in [-0.4, -0.2) is 40.0 Å². The molecule has 0 aromatic heterocycles. The zero-order chi connectivity index (χ0) is 13.8. The van der Waals surface area contributed by atoms with Gasteiger partial charge in [-0.3, -0.25) is 0 Å². The normalized spacial score (nSPS) is 12.1. The van der Waals surface area contributed by atoms with Crippen LogP contribution in [0.3, 0.4) is 0 Å². The van der Waals surface area contributed by atoms with Gasteiger partial charge in [0.05, 0.1) is 11.5 Å². The summed E-state index contributed by atoms with van der Waals surface area (Å²) in [7, 11) is -0.515. The smallest absolute Gasteiger partial charge is 0.242 e. The summed E-state index contributed by atoms with van der Waals surface area (Å²) in [5.41, 5.74) is 0.705. The molecule has 0 radical (unpaired) electrons. The molecule has 0 saturated carbocycles. The van der Waals surface area contributed by atoms with E-state index in [2.05, 4.69) is 0 Å². The summed E-state index contributed by atoms with van der Waals surface area (Å²) in [5.74, 6) is 0.249. The van der Waals surface area contributed by atoms with E-state index in [-0.39, 0.29) is 17.3 Å². The van der Waals surface area contributed by atoms with Gasteiger partial charge in [-0.15, -0.1) is 11.6 Å². The van der Waals surface area contributed by atoms with E-state index in [9.17, 15) is 8.42 Å². The van der Waals surface area contributed by atoms with Gasteiger partial charge in [-0.25, -0.2) is 8.42 Å². The number of halogens is 2. The van der Waals surface area contributed by atoms with Gasteiger partial charge in [0.15, 0.2) is 0 Å². The Balaban J connectivity index is 3.01. The van der Waals surface area contributed by atoms with E-state index < -0.39 is 10.0 Å². The summed E-state index contributed by atoms with van der Waals surface area (Å²) in [6.07, 6.45) is 0. The van der Waals surface area contributed by atoms with Gasteiger partial charge in [0, 0.05) is 31.6 Å². The maximum atomic E-state index is 12.2. The first-order chi connectivity index (χ1) is 8.43. The van der Waals surface area contributed by atoms with E-state index in [0.717, 1.165) is 0 Å². The van der Waals surface area contributed by atoms with E-state index in [1.54, 1.807) is 6.07 Å². The fraction of sp³-hybridized carbons (Fsp3) is 0.455. The van der Waals surface area contributed by atoms with E-state index in [4.69, 9.17) is 27.9 Å². The molecule has 0 amide bonds. The van der Waals surface area contributed by atoms with Crippen molar-refractivity contribution in [3.8, 4) is 0 Å². The van der Waals surface area contributed by atoms with Gasteiger partial charge in [0.2, 0.25) is 10.0 Å². The second-order valence-corrected chi connectivity index (χ2v) is 6.43. The largest absolute Gasteiger partial charge is 0.383 e. The zero-order valence-corrected chi connectivity index (χ0v) is 12.5. The average Bonchev–Trinajstić information content (AvgIpc) is 2.35. The van der Waals surface area contributed by atoms with Crippen LogP contribution < -0.4 is 0 Å². The van der Waals surface area contributed by atoms with Crippen molar-refractivity contribution in [2.45, 2.75) is 10.8 Å². The van der Waals surface area contributed by atoms with Crippen molar-refractivity contribution in [3.63, 3.8) is 0 Å². The van der Waals surface area contributed by atoms with Crippen molar-refractivity contribution in [2.24, 2.45) is 0 Å². The lowest BCUT2D eigenvalue weighted by molar-refractivity contribution is 0.185. The maximum Gasteiger partial charge on any atom is 0.242 e. The van der Waals surface area contributed by atoms with Crippen molar-refractivity contribution < 1.29 is 13.2 Å². The molecule has 0 atom stereocenters. The Labute approximate surface area is 117 Å². The van der Waals surface area contributed by atoms with Gasteiger partial charge in [-0.2, -0.15) is 4.31 Å². The number of sulfonamides is 1. The minimum Gasteiger partial charge on any atom is -0.383 e.